The summed E-state index contributed by atoms with van der Waals surface area (Å²) in [6.07, 6.45) is 6.26. The zero-order valence-corrected chi connectivity index (χ0v) is 12.2. The highest BCUT2D eigenvalue weighted by molar-refractivity contribution is 6.54. The minimum absolute atomic E-state index is 0.224. The van der Waals surface area contributed by atoms with Crippen molar-refractivity contribution in [1.29, 1.82) is 0 Å². The molecule has 1 aliphatic heterocycles. The van der Waals surface area contributed by atoms with Crippen molar-refractivity contribution in [2.24, 2.45) is 5.92 Å². The van der Waals surface area contributed by atoms with Crippen molar-refractivity contribution in [2.75, 3.05) is 7.11 Å². The molecule has 0 bridgehead atoms. The fourth-order valence-corrected chi connectivity index (χ4v) is 2.19. The first kappa shape index (κ1) is 14.3. The largest absolute Gasteiger partial charge is 0.490 e. The van der Waals surface area contributed by atoms with Crippen molar-refractivity contribution >= 4 is 13.1 Å². The summed E-state index contributed by atoms with van der Waals surface area (Å²) in [4.78, 5) is 11.6. The average Bonchev–Trinajstić information content (AvgIpc) is 2.58. The molecular weight excluding hydrogens is 243 g/mol. The Morgan fingerprint density at radius 1 is 1.32 bits per heavy atom. The van der Waals surface area contributed by atoms with Gasteiger partial charge < -0.3 is 14.0 Å². The lowest BCUT2D eigenvalue weighted by Gasteiger charge is -2.32. The predicted molar refractivity (Wildman–Crippen MR) is 73.4 cm³/mol. The average molecular weight is 264 g/mol. The van der Waals surface area contributed by atoms with Gasteiger partial charge in [0.15, 0.2) is 0 Å². The van der Waals surface area contributed by atoms with E-state index in [4.69, 9.17) is 14.0 Å². The van der Waals surface area contributed by atoms with Gasteiger partial charge in [-0.1, -0.05) is 18.2 Å². The Kier molecular flexibility index (Phi) is 3.62. The van der Waals surface area contributed by atoms with Crippen molar-refractivity contribution in [1.82, 2.24) is 0 Å². The highest BCUT2D eigenvalue weighted by Gasteiger charge is 2.52. The third-order valence-electron chi connectivity index (χ3n) is 4.17. The number of hydrogen-bond acceptors (Lipinski definition) is 4. The van der Waals surface area contributed by atoms with Crippen LogP contribution in [-0.2, 0) is 18.8 Å². The van der Waals surface area contributed by atoms with Crippen LogP contribution in [0, 0.1) is 5.92 Å². The molecule has 1 atom stereocenters. The lowest BCUT2D eigenvalue weighted by molar-refractivity contribution is -0.143. The number of allylic oxidation sites excluding steroid dienone is 3. The van der Waals surface area contributed by atoms with Crippen LogP contribution in [0.25, 0.3) is 0 Å². The van der Waals surface area contributed by atoms with Gasteiger partial charge >= 0.3 is 13.1 Å². The molecule has 0 aromatic heterocycles. The molecule has 19 heavy (non-hydrogen) atoms. The van der Waals surface area contributed by atoms with Crippen LogP contribution in [0.15, 0.2) is 23.7 Å². The molecule has 1 saturated heterocycles. The molecule has 104 valence electrons. The molecule has 0 amide bonds. The Hall–Kier alpha value is -1.07. The summed E-state index contributed by atoms with van der Waals surface area (Å²) >= 11 is 0. The van der Waals surface area contributed by atoms with E-state index >= 15 is 0 Å². The minimum Gasteiger partial charge on any atom is -0.469 e. The lowest BCUT2D eigenvalue weighted by Crippen LogP contribution is -2.41. The molecule has 2 aliphatic rings. The van der Waals surface area contributed by atoms with Crippen molar-refractivity contribution in [3.8, 4) is 0 Å². The second-order valence-electron chi connectivity index (χ2n) is 6.05. The van der Waals surface area contributed by atoms with Gasteiger partial charge in [-0.05, 0) is 39.6 Å². The summed E-state index contributed by atoms with van der Waals surface area (Å²) in [7, 11) is 1.02. The topological polar surface area (TPSA) is 44.8 Å². The Labute approximate surface area is 114 Å². The van der Waals surface area contributed by atoms with E-state index in [1.807, 2.05) is 45.9 Å². The van der Waals surface area contributed by atoms with Gasteiger partial charge in [-0.15, -0.1) is 0 Å². The summed E-state index contributed by atoms with van der Waals surface area (Å²) in [5, 5.41) is 0. The van der Waals surface area contributed by atoms with Gasteiger partial charge in [0.2, 0.25) is 0 Å². The van der Waals surface area contributed by atoms with Crippen LogP contribution in [0.5, 0.6) is 0 Å². The maximum Gasteiger partial charge on any atom is 0.490 e. The van der Waals surface area contributed by atoms with Gasteiger partial charge in [-0.25, -0.2) is 0 Å². The number of esters is 1. The Morgan fingerprint density at radius 2 is 1.89 bits per heavy atom. The summed E-state index contributed by atoms with van der Waals surface area (Å²) in [6, 6.07) is 0. The van der Waals surface area contributed by atoms with Crippen LogP contribution in [0.3, 0.4) is 0 Å². The SMILES string of the molecule is COC(=O)C1C=CC=C(B2OC(C)(C)C(C)(C)O2)C1. The highest BCUT2D eigenvalue weighted by Crippen LogP contribution is 2.40. The standard InChI is InChI=1S/C14H21BO4/c1-13(2)14(3,4)19-15(18-13)11-8-6-7-10(9-11)12(16)17-5/h6-8,10H,9H2,1-5H3. The van der Waals surface area contributed by atoms with Crippen molar-refractivity contribution in [3.63, 3.8) is 0 Å². The molecule has 1 heterocycles. The van der Waals surface area contributed by atoms with E-state index in [-0.39, 0.29) is 30.2 Å². The van der Waals surface area contributed by atoms with Gasteiger partial charge in [0, 0.05) is 0 Å². The third kappa shape index (κ3) is 2.62. The molecule has 0 aromatic carbocycles. The zero-order chi connectivity index (χ0) is 14.3. The van der Waals surface area contributed by atoms with Crippen LogP contribution < -0.4 is 0 Å². The number of carbonyl (C=O) groups is 1. The van der Waals surface area contributed by atoms with Crippen LogP contribution in [0.4, 0.5) is 0 Å². The quantitative estimate of drug-likeness (QED) is 0.567. The van der Waals surface area contributed by atoms with Crippen LogP contribution in [0.1, 0.15) is 34.1 Å². The van der Waals surface area contributed by atoms with Gasteiger partial charge in [0.25, 0.3) is 0 Å². The second kappa shape index (κ2) is 4.80. The number of ether oxygens (including phenoxy) is 1. The normalized spacial score (nSPS) is 28.2. The number of carbonyl (C=O) groups excluding carboxylic acids is 1. The molecule has 0 aromatic rings. The number of methoxy groups -OCH3 is 1. The fraction of sp³-hybridized carbons (Fsp3) is 0.643. The third-order valence-corrected chi connectivity index (χ3v) is 4.17. The van der Waals surface area contributed by atoms with Crippen LogP contribution >= 0.6 is 0 Å². The summed E-state index contributed by atoms with van der Waals surface area (Å²) in [6.45, 7) is 8.07. The van der Waals surface area contributed by atoms with E-state index in [1.54, 1.807) is 0 Å². The van der Waals surface area contributed by atoms with E-state index in [0.717, 1.165) is 5.47 Å². The maximum absolute atomic E-state index is 11.6. The van der Waals surface area contributed by atoms with Gasteiger partial charge in [-0.2, -0.15) is 0 Å². The monoisotopic (exact) mass is 264 g/mol. The van der Waals surface area contributed by atoms with Crippen molar-refractivity contribution < 1.29 is 18.8 Å². The van der Waals surface area contributed by atoms with Crippen LogP contribution in [-0.4, -0.2) is 31.4 Å². The molecule has 0 saturated carbocycles. The first-order chi connectivity index (χ1) is 8.77. The Bertz CT molecular complexity index is 421. The molecule has 1 unspecified atom stereocenters. The Balaban J connectivity index is 2.11. The van der Waals surface area contributed by atoms with E-state index in [1.165, 1.54) is 7.11 Å². The molecule has 0 N–H and O–H groups in total. The summed E-state index contributed by atoms with van der Waals surface area (Å²) in [5.41, 5.74) is 0.262. The fourth-order valence-electron chi connectivity index (χ4n) is 2.19. The lowest BCUT2D eigenvalue weighted by atomic mass is 9.71. The maximum atomic E-state index is 11.6. The van der Waals surface area contributed by atoms with E-state index in [2.05, 4.69) is 0 Å². The van der Waals surface area contributed by atoms with Gasteiger partial charge in [0.1, 0.15) is 0 Å². The number of hydrogen-bond donors (Lipinski definition) is 0. The van der Waals surface area contributed by atoms with Crippen molar-refractivity contribution in [3.05, 3.63) is 23.7 Å². The smallest absolute Gasteiger partial charge is 0.469 e. The molecule has 2 rings (SSSR count). The van der Waals surface area contributed by atoms with Gasteiger partial charge in [0.05, 0.1) is 24.2 Å². The van der Waals surface area contributed by atoms with E-state index in [0.29, 0.717) is 6.42 Å². The van der Waals surface area contributed by atoms with Crippen molar-refractivity contribution in [2.45, 2.75) is 45.3 Å². The predicted octanol–water partition coefficient (Wildman–Crippen LogP) is 2.29. The minimum atomic E-state index is -0.387. The molecule has 4 nitrogen and oxygen atoms in total. The molecule has 0 spiro atoms. The zero-order valence-electron chi connectivity index (χ0n) is 12.2. The molecule has 1 fully saturated rings. The molecule has 0 radical (unpaired) electrons. The second-order valence-corrected chi connectivity index (χ2v) is 6.05. The summed E-state index contributed by atoms with van der Waals surface area (Å²) < 4.78 is 16.8. The first-order valence-corrected chi connectivity index (χ1v) is 6.57. The molecular formula is C14H21BO4. The first-order valence-electron chi connectivity index (χ1n) is 6.57. The van der Waals surface area contributed by atoms with Crippen LogP contribution in [0.2, 0.25) is 0 Å². The highest BCUT2D eigenvalue weighted by atomic mass is 16.7. The molecule has 1 aliphatic carbocycles. The van der Waals surface area contributed by atoms with Gasteiger partial charge in [-0.3, -0.25) is 4.79 Å². The van der Waals surface area contributed by atoms with E-state index < -0.39 is 0 Å². The Morgan fingerprint density at radius 3 is 2.42 bits per heavy atom. The number of rotatable bonds is 2. The summed E-state index contributed by atoms with van der Waals surface area (Å²) in [5.74, 6) is -0.470. The molecule has 5 heteroatoms. The van der Waals surface area contributed by atoms with E-state index in [9.17, 15) is 4.79 Å².